The summed E-state index contributed by atoms with van der Waals surface area (Å²) < 4.78 is 9.29. The van der Waals surface area contributed by atoms with Crippen LogP contribution in [-0.2, 0) is 0 Å². The molecule has 24 rings (SSSR count). The zero-order valence-electron chi connectivity index (χ0n) is 67.9. The first kappa shape index (κ1) is 73.5. The standard InChI is InChI=1S/C63H43N5Si.C51H33N5/c1-6-21-44(22-7-1)61-64-62(47-23-20-32-52(41-47)69(49-26-10-3-11-27-49,50-28-12-4-13-29-50)51-30-14-5-15-31-51)66-63(65-61)68-58-36-19-17-34-54(58)56-43-46(38-40-60(56)68)45-37-39-59-55(42-45)53-33-16-18-35-57(53)67(59)48-24-8-2-9-25-48;1-4-14-34(15-5-1)49-52-50(35-16-6-2-7-17-35)54-51(53-49)36-24-28-40(29-25-36)56-46-23-13-11-21-42(46)44-33-38(27-31-48(44)56)37-26-30-47-43(32-37)41-20-10-12-22-45(41)55(47)39-18-8-3-9-19-39/h1-43H;1-33H. The molecule has 0 aliphatic carbocycles. The van der Waals surface area contributed by atoms with Crippen molar-refractivity contribution in [2.75, 3.05) is 0 Å². The molecule has 0 radical (unpaired) electrons. The van der Waals surface area contributed by atoms with Gasteiger partial charge in [-0.05, 0) is 164 Å². The van der Waals surface area contributed by atoms with E-state index < -0.39 is 8.07 Å². The van der Waals surface area contributed by atoms with Gasteiger partial charge in [0.2, 0.25) is 5.95 Å². The summed E-state index contributed by atoms with van der Waals surface area (Å²) in [5, 5.41) is 14.8. The largest absolute Gasteiger partial charge is 0.309 e. The highest BCUT2D eigenvalue weighted by atomic mass is 28.3. The van der Waals surface area contributed by atoms with Crippen LogP contribution in [0.5, 0.6) is 0 Å². The van der Waals surface area contributed by atoms with Crippen molar-refractivity contribution in [3.63, 3.8) is 0 Å². The minimum atomic E-state index is -2.84. The third-order valence-electron chi connectivity index (χ3n) is 24.5. The highest BCUT2D eigenvalue weighted by molar-refractivity contribution is 7.20. The van der Waals surface area contributed by atoms with E-state index >= 15 is 0 Å². The Morgan fingerprint density at radius 1 is 0.144 bits per heavy atom. The molecule has 0 amide bonds. The normalized spacial score (nSPS) is 11.7. The first-order valence-corrected chi connectivity index (χ1v) is 44.3. The van der Waals surface area contributed by atoms with Crippen LogP contribution in [0.1, 0.15) is 0 Å². The summed E-state index contributed by atoms with van der Waals surface area (Å²) in [7, 11) is -2.84. The Morgan fingerprint density at radius 3 is 0.720 bits per heavy atom. The third-order valence-corrected chi connectivity index (χ3v) is 29.3. The van der Waals surface area contributed by atoms with Crippen molar-refractivity contribution in [1.29, 1.82) is 0 Å². The SMILES string of the molecule is c1ccc(-c2nc(-c3cccc([Si](c4ccccc4)(c4ccccc4)c4ccccc4)c3)nc(-n3c4ccccc4c4cc(-c5ccc6c(c5)c5ccccc5n6-c5ccccc5)ccc43)n2)cc1.c1ccc(-c2nc(-c3ccccc3)nc(-c3ccc(-n4c5ccccc5c5cc(-c6ccc7c(c6)c6ccccc6n7-c6ccccc6)ccc54)cc3)n2)cc1. The Morgan fingerprint density at radius 2 is 0.376 bits per heavy atom. The fourth-order valence-electron chi connectivity index (χ4n) is 18.8. The van der Waals surface area contributed by atoms with Gasteiger partial charge in [-0.2, -0.15) is 9.97 Å². The average Bonchev–Trinajstić information content (AvgIpc) is 1.69. The summed E-state index contributed by atoms with van der Waals surface area (Å²) in [6, 6.07) is 164. The van der Waals surface area contributed by atoms with Gasteiger partial charge < -0.3 is 13.7 Å². The zero-order chi connectivity index (χ0) is 82.7. The van der Waals surface area contributed by atoms with Crippen LogP contribution in [0.2, 0.25) is 0 Å². The molecule has 6 heterocycles. The fourth-order valence-corrected chi connectivity index (χ4v) is 23.6. The van der Waals surface area contributed by atoms with Gasteiger partial charge in [-0.25, -0.2) is 19.9 Å². The number of benzene rings is 18. The Kier molecular flexibility index (Phi) is 18.4. The summed E-state index contributed by atoms with van der Waals surface area (Å²) in [5.74, 6) is 3.74. The van der Waals surface area contributed by atoms with Crippen molar-refractivity contribution in [1.82, 2.24) is 48.2 Å². The molecule has 24 aromatic rings. The van der Waals surface area contributed by atoms with Gasteiger partial charge in [-0.15, -0.1) is 0 Å². The lowest BCUT2D eigenvalue weighted by molar-refractivity contribution is 0.953. The van der Waals surface area contributed by atoms with E-state index in [-0.39, 0.29) is 0 Å². The van der Waals surface area contributed by atoms with Crippen molar-refractivity contribution in [2.45, 2.75) is 0 Å². The van der Waals surface area contributed by atoms with Crippen molar-refractivity contribution >= 4 is 116 Å². The number of aromatic nitrogens is 10. The Hall–Kier alpha value is -16.6. The number of hydrogen-bond donors (Lipinski definition) is 0. The minimum Gasteiger partial charge on any atom is -0.309 e. The molecule has 0 spiro atoms. The van der Waals surface area contributed by atoms with Gasteiger partial charge in [-0.3, -0.25) is 4.57 Å². The molecule has 0 atom stereocenters. The summed E-state index contributed by atoms with van der Waals surface area (Å²) in [6.07, 6.45) is 0. The van der Waals surface area contributed by atoms with Crippen molar-refractivity contribution in [3.8, 4) is 102 Å². The molecule has 0 aliphatic rings. The Labute approximate surface area is 722 Å². The predicted molar refractivity (Wildman–Crippen MR) is 519 cm³/mol. The van der Waals surface area contributed by atoms with Crippen LogP contribution in [0, 0.1) is 0 Å². The van der Waals surface area contributed by atoms with Crippen LogP contribution >= 0.6 is 0 Å². The molecule has 0 aliphatic heterocycles. The maximum atomic E-state index is 5.44. The molecule has 0 N–H and O–H groups in total. The Balaban J connectivity index is 0.000000147. The second kappa shape index (κ2) is 31.2. The molecule has 18 aromatic carbocycles. The van der Waals surface area contributed by atoms with E-state index in [0.29, 0.717) is 35.1 Å². The fraction of sp³-hybridized carbons (Fsp3) is 0. The van der Waals surface area contributed by atoms with Crippen LogP contribution in [0.15, 0.2) is 461 Å². The number of rotatable bonds is 15. The lowest BCUT2D eigenvalue weighted by atomic mass is 10.0. The van der Waals surface area contributed by atoms with Gasteiger partial charge in [-0.1, -0.05) is 340 Å². The molecule has 0 saturated heterocycles. The number of hydrogen-bond acceptors (Lipinski definition) is 6. The number of fused-ring (bicyclic) bond motifs is 12. The Bertz CT molecular complexity index is 8030. The van der Waals surface area contributed by atoms with Crippen LogP contribution in [0.4, 0.5) is 0 Å². The smallest absolute Gasteiger partial charge is 0.238 e. The van der Waals surface area contributed by atoms with Crippen molar-refractivity contribution < 1.29 is 0 Å². The van der Waals surface area contributed by atoms with Crippen LogP contribution in [-0.4, -0.2) is 56.2 Å². The molecule has 125 heavy (non-hydrogen) atoms. The molecular weight excluding hydrogens is 1540 g/mol. The molecule has 0 bridgehead atoms. The quantitative estimate of drug-likeness (QED) is 0.0749. The second-order valence-corrected chi connectivity index (χ2v) is 35.5. The maximum absolute atomic E-state index is 5.44. The zero-order valence-corrected chi connectivity index (χ0v) is 68.9. The number of nitrogens with zero attached hydrogens (tertiary/aromatic N) is 10. The van der Waals surface area contributed by atoms with Crippen molar-refractivity contribution in [2.24, 2.45) is 0 Å². The predicted octanol–water partition coefficient (Wildman–Crippen LogP) is 25.2. The monoisotopic (exact) mass is 1610 g/mol. The van der Waals surface area contributed by atoms with Gasteiger partial charge in [0.25, 0.3) is 0 Å². The maximum Gasteiger partial charge on any atom is 0.238 e. The number of para-hydroxylation sites is 6. The highest BCUT2D eigenvalue weighted by Gasteiger charge is 2.42. The molecule has 586 valence electrons. The van der Waals surface area contributed by atoms with E-state index in [1.807, 2.05) is 78.9 Å². The van der Waals surface area contributed by atoms with Gasteiger partial charge in [0.1, 0.15) is 0 Å². The van der Waals surface area contributed by atoms with Crippen LogP contribution in [0.25, 0.3) is 189 Å². The first-order valence-electron chi connectivity index (χ1n) is 42.3. The summed E-state index contributed by atoms with van der Waals surface area (Å²) >= 11 is 0. The molecule has 0 fully saturated rings. The van der Waals surface area contributed by atoms with E-state index in [2.05, 4.69) is 400 Å². The lowest BCUT2D eigenvalue weighted by Gasteiger charge is -2.34. The van der Waals surface area contributed by atoms with Gasteiger partial charge >= 0.3 is 0 Å². The minimum absolute atomic E-state index is 0.566. The first-order chi connectivity index (χ1) is 62.0. The van der Waals surface area contributed by atoms with E-state index in [4.69, 9.17) is 29.9 Å². The highest BCUT2D eigenvalue weighted by Crippen LogP contribution is 2.42. The summed E-state index contributed by atoms with van der Waals surface area (Å²) in [5.41, 5.74) is 21.9. The van der Waals surface area contributed by atoms with Crippen LogP contribution in [0.3, 0.4) is 0 Å². The average molecular weight is 1610 g/mol. The van der Waals surface area contributed by atoms with E-state index in [9.17, 15) is 0 Å². The van der Waals surface area contributed by atoms with Crippen LogP contribution < -0.4 is 20.7 Å². The molecule has 0 saturated carbocycles. The molecule has 0 unspecified atom stereocenters. The summed E-state index contributed by atoms with van der Waals surface area (Å²) in [4.78, 5) is 30.8. The van der Waals surface area contributed by atoms with E-state index in [0.717, 1.165) is 88.8 Å². The molecule has 11 heteroatoms. The molecular formula is C114H76N10Si. The second-order valence-electron chi connectivity index (χ2n) is 31.7. The van der Waals surface area contributed by atoms with E-state index in [1.165, 1.54) is 86.3 Å². The summed E-state index contributed by atoms with van der Waals surface area (Å²) in [6.45, 7) is 0. The topological polar surface area (TPSA) is 97.1 Å². The van der Waals surface area contributed by atoms with Crippen molar-refractivity contribution in [3.05, 3.63) is 461 Å². The van der Waals surface area contributed by atoms with Gasteiger partial charge in [0.15, 0.2) is 37.2 Å². The van der Waals surface area contributed by atoms with Gasteiger partial charge in [0.05, 0.1) is 44.1 Å². The molecule has 10 nitrogen and oxygen atoms in total. The molecule has 6 aromatic heterocycles. The van der Waals surface area contributed by atoms with Gasteiger partial charge in [0, 0.05) is 88.0 Å². The van der Waals surface area contributed by atoms with E-state index in [1.54, 1.807) is 0 Å². The lowest BCUT2D eigenvalue weighted by Crippen LogP contribution is -2.74. The third kappa shape index (κ3) is 13.0.